The average molecular weight is 273 g/mol. The van der Waals surface area contributed by atoms with Crippen LogP contribution in [0.2, 0.25) is 0 Å². The Kier molecular flexibility index (Phi) is 3.37. The summed E-state index contributed by atoms with van der Waals surface area (Å²) < 4.78 is 0. The first-order valence-electron chi connectivity index (χ1n) is 6.76. The van der Waals surface area contributed by atoms with Gasteiger partial charge < -0.3 is 5.32 Å². The van der Waals surface area contributed by atoms with Gasteiger partial charge in [-0.25, -0.2) is 4.98 Å². The van der Waals surface area contributed by atoms with Crippen LogP contribution >= 0.6 is 11.3 Å². The van der Waals surface area contributed by atoms with Gasteiger partial charge in [-0.2, -0.15) is 0 Å². The first-order valence-corrected chi connectivity index (χ1v) is 7.57. The number of aromatic nitrogens is 2. The molecule has 3 nitrogen and oxygen atoms in total. The van der Waals surface area contributed by atoms with Gasteiger partial charge >= 0.3 is 0 Å². The molecule has 1 aliphatic carbocycles. The van der Waals surface area contributed by atoms with Gasteiger partial charge in [0.25, 0.3) is 0 Å². The lowest BCUT2D eigenvalue weighted by Gasteiger charge is -2.16. The molecule has 1 aliphatic rings. The van der Waals surface area contributed by atoms with E-state index in [2.05, 4.69) is 36.3 Å². The molecule has 0 bridgehead atoms. The molecule has 0 spiro atoms. The SMILES string of the molecule is Cc1ccc(C(NC2CC2)c2nc(C)c(C)s2)cn1. The van der Waals surface area contributed by atoms with Crippen molar-refractivity contribution >= 4 is 11.3 Å². The molecular formula is C15H19N3S. The first kappa shape index (κ1) is 12.8. The van der Waals surface area contributed by atoms with E-state index in [9.17, 15) is 0 Å². The van der Waals surface area contributed by atoms with Gasteiger partial charge in [-0.1, -0.05) is 6.07 Å². The van der Waals surface area contributed by atoms with Gasteiger partial charge in [0.1, 0.15) is 5.01 Å². The number of hydrogen-bond acceptors (Lipinski definition) is 4. The molecule has 100 valence electrons. The fraction of sp³-hybridized carbons (Fsp3) is 0.467. The summed E-state index contributed by atoms with van der Waals surface area (Å²) >= 11 is 1.79. The maximum absolute atomic E-state index is 4.72. The Bertz CT molecular complexity index is 550. The molecule has 19 heavy (non-hydrogen) atoms. The maximum atomic E-state index is 4.72. The van der Waals surface area contributed by atoms with Gasteiger partial charge in [-0.3, -0.25) is 4.98 Å². The molecule has 1 fully saturated rings. The average Bonchev–Trinajstić information content (AvgIpc) is 3.14. The fourth-order valence-electron chi connectivity index (χ4n) is 2.07. The van der Waals surface area contributed by atoms with Gasteiger partial charge in [0, 0.05) is 22.8 Å². The van der Waals surface area contributed by atoms with Gasteiger partial charge in [-0.15, -0.1) is 11.3 Å². The smallest absolute Gasteiger partial charge is 0.115 e. The summed E-state index contributed by atoms with van der Waals surface area (Å²) in [7, 11) is 0. The van der Waals surface area contributed by atoms with E-state index in [-0.39, 0.29) is 6.04 Å². The van der Waals surface area contributed by atoms with Crippen molar-refractivity contribution in [2.45, 2.75) is 45.7 Å². The molecule has 0 radical (unpaired) electrons. The van der Waals surface area contributed by atoms with Crippen molar-refractivity contribution in [3.05, 3.63) is 45.2 Å². The Hall–Kier alpha value is -1.26. The van der Waals surface area contributed by atoms with Crippen molar-refractivity contribution < 1.29 is 0 Å². The van der Waals surface area contributed by atoms with Gasteiger partial charge in [0.15, 0.2) is 0 Å². The van der Waals surface area contributed by atoms with Crippen molar-refractivity contribution in [1.82, 2.24) is 15.3 Å². The number of nitrogens with one attached hydrogen (secondary N) is 1. The summed E-state index contributed by atoms with van der Waals surface area (Å²) in [6.07, 6.45) is 4.53. The molecule has 1 unspecified atom stereocenters. The second-order valence-corrected chi connectivity index (χ2v) is 6.54. The highest BCUT2D eigenvalue weighted by atomic mass is 32.1. The van der Waals surface area contributed by atoms with E-state index in [1.54, 1.807) is 11.3 Å². The number of rotatable bonds is 4. The molecule has 0 saturated heterocycles. The summed E-state index contributed by atoms with van der Waals surface area (Å²) in [6.45, 7) is 6.24. The van der Waals surface area contributed by atoms with Crippen molar-refractivity contribution in [1.29, 1.82) is 0 Å². The molecule has 1 atom stereocenters. The Morgan fingerprint density at radius 3 is 2.58 bits per heavy atom. The zero-order chi connectivity index (χ0) is 13.4. The normalized spacial score (nSPS) is 16.6. The highest BCUT2D eigenvalue weighted by molar-refractivity contribution is 7.11. The molecule has 2 aromatic rings. The van der Waals surface area contributed by atoms with Crippen LogP contribution in [0.4, 0.5) is 0 Å². The molecule has 0 aromatic carbocycles. The predicted molar refractivity (Wildman–Crippen MR) is 78.6 cm³/mol. The molecule has 0 aliphatic heterocycles. The molecule has 3 rings (SSSR count). The minimum atomic E-state index is 0.193. The number of hydrogen-bond donors (Lipinski definition) is 1. The summed E-state index contributed by atoms with van der Waals surface area (Å²) in [4.78, 5) is 10.4. The Labute approximate surface area is 118 Å². The molecule has 2 heterocycles. The highest BCUT2D eigenvalue weighted by Crippen LogP contribution is 2.31. The van der Waals surface area contributed by atoms with Crippen LogP contribution in [0.3, 0.4) is 0 Å². The summed E-state index contributed by atoms with van der Waals surface area (Å²) in [5.41, 5.74) is 3.41. The third kappa shape index (κ3) is 2.85. The summed E-state index contributed by atoms with van der Waals surface area (Å²) in [5.74, 6) is 0. The topological polar surface area (TPSA) is 37.8 Å². The third-order valence-electron chi connectivity index (χ3n) is 3.54. The first-order chi connectivity index (χ1) is 9.13. The number of nitrogens with zero attached hydrogens (tertiary/aromatic N) is 2. The molecular weight excluding hydrogens is 254 g/mol. The van der Waals surface area contributed by atoms with E-state index >= 15 is 0 Å². The van der Waals surface area contributed by atoms with Crippen LogP contribution in [-0.2, 0) is 0 Å². The molecule has 1 saturated carbocycles. The van der Waals surface area contributed by atoms with Crippen LogP contribution < -0.4 is 5.32 Å². The summed E-state index contributed by atoms with van der Waals surface area (Å²) in [5, 5.41) is 4.85. The number of pyridine rings is 1. The Balaban J connectivity index is 1.94. The van der Waals surface area contributed by atoms with Crippen molar-refractivity contribution in [3.8, 4) is 0 Å². The zero-order valence-electron chi connectivity index (χ0n) is 11.6. The number of thiazole rings is 1. The van der Waals surface area contributed by atoms with Crippen LogP contribution in [-0.4, -0.2) is 16.0 Å². The Morgan fingerprint density at radius 2 is 2.05 bits per heavy atom. The predicted octanol–water partition coefficient (Wildman–Crippen LogP) is 3.30. The molecule has 1 N–H and O–H groups in total. The van der Waals surface area contributed by atoms with Crippen LogP contribution in [0.1, 0.15) is 45.7 Å². The highest BCUT2D eigenvalue weighted by Gasteiger charge is 2.28. The second kappa shape index (κ2) is 5.02. The van der Waals surface area contributed by atoms with E-state index < -0.39 is 0 Å². The van der Waals surface area contributed by atoms with Gasteiger partial charge in [0.2, 0.25) is 0 Å². The lowest BCUT2D eigenvalue weighted by Crippen LogP contribution is -2.24. The quantitative estimate of drug-likeness (QED) is 0.928. The molecule has 4 heteroatoms. The van der Waals surface area contributed by atoms with E-state index in [1.807, 2.05) is 13.1 Å². The largest absolute Gasteiger partial charge is 0.301 e. The second-order valence-electron chi connectivity index (χ2n) is 5.30. The van der Waals surface area contributed by atoms with Crippen molar-refractivity contribution in [3.63, 3.8) is 0 Å². The van der Waals surface area contributed by atoms with Crippen LogP contribution in [0.5, 0.6) is 0 Å². The standard InChI is InChI=1S/C15H19N3S/c1-9-4-5-12(8-16-9)14(18-13-6-7-13)15-17-10(2)11(3)19-15/h4-5,8,13-14,18H,6-7H2,1-3H3. The van der Waals surface area contributed by atoms with Gasteiger partial charge in [0.05, 0.1) is 11.7 Å². The summed E-state index contributed by atoms with van der Waals surface area (Å²) in [6, 6.07) is 5.08. The fourth-order valence-corrected chi connectivity index (χ4v) is 3.08. The van der Waals surface area contributed by atoms with E-state index in [4.69, 9.17) is 4.98 Å². The van der Waals surface area contributed by atoms with E-state index in [0.717, 1.165) is 16.4 Å². The maximum Gasteiger partial charge on any atom is 0.115 e. The third-order valence-corrected chi connectivity index (χ3v) is 4.68. The molecule has 2 aromatic heterocycles. The van der Waals surface area contributed by atoms with E-state index in [1.165, 1.54) is 23.3 Å². The van der Waals surface area contributed by atoms with Crippen LogP contribution in [0, 0.1) is 20.8 Å². The zero-order valence-corrected chi connectivity index (χ0v) is 12.4. The lowest BCUT2D eigenvalue weighted by molar-refractivity contribution is 0.595. The monoisotopic (exact) mass is 273 g/mol. The Morgan fingerprint density at radius 1 is 1.26 bits per heavy atom. The van der Waals surface area contributed by atoms with Crippen molar-refractivity contribution in [2.75, 3.05) is 0 Å². The molecule has 0 amide bonds. The minimum absolute atomic E-state index is 0.193. The van der Waals surface area contributed by atoms with Crippen LogP contribution in [0.15, 0.2) is 18.3 Å². The van der Waals surface area contributed by atoms with E-state index in [0.29, 0.717) is 6.04 Å². The van der Waals surface area contributed by atoms with Crippen molar-refractivity contribution in [2.24, 2.45) is 0 Å². The number of aryl methyl sites for hydroxylation is 3. The minimum Gasteiger partial charge on any atom is -0.301 e. The van der Waals surface area contributed by atoms with Crippen LogP contribution in [0.25, 0.3) is 0 Å². The lowest BCUT2D eigenvalue weighted by atomic mass is 10.1. The van der Waals surface area contributed by atoms with Gasteiger partial charge in [-0.05, 0) is 45.2 Å².